The Bertz CT molecular complexity index is 936. The van der Waals surface area contributed by atoms with E-state index in [2.05, 4.69) is 12.2 Å². The largest absolute Gasteiger partial charge is 0.378 e. The molecule has 3 aromatic rings. The van der Waals surface area contributed by atoms with Crippen molar-refractivity contribution < 1.29 is 9.72 Å². The Kier molecular flexibility index (Phi) is 6.17. The Morgan fingerprint density at radius 1 is 0.964 bits per heavy atom. The van der Waals surface area contributed by atoms with Crippen LogP contribution in [0.2, 0.25) is 0 Å². The molecule has 0 fully saturated rings. The Balaban J connectivity index is 1.85. The van der Waals surface area contributed by atoms with Gasteiger partial charge in [-0.05, 0) is 29.7 Å². The molecule has 0 radical (unpaired) electrons. The number of anilines is 1. The van der Waals surface area contributed by atoms with E-state index in [1.54, 1.807) is 24.3 Å². The summed E-state index contributed by atoms with van der Waals surface area (Å²) in [4.78, 5) is 23.3. The molecule has 142 valence electrons. The number of carbonyl (C=O) groups is 1. The molecule has 3 aromatic carbocycles. The summed E-state index contributed by atoms with van der Waals surface area (Å²) in [6, 6.07) is 23.3. The molecule has 0 aliphatic rings. The molecular weight excluding hydrogens is 352 g/mol. The first-order valence-electron chi connectivity index (χ1n) is 9.25. The van der Waals surface area contributed by atoms with E-state index >= 15 is 0 Å². The Morgan fingerprint density at radius 3 is 2.18 bits per heavy atom. The van der Waals surface area contributed by atoms with Gasteiger partial charge in [0.2, 0.25) is 0 Å². The minimum atomic E-state index is -0.426. The second kappa shape index (κ2) is 8.95. The predicted molar refractivity (Wildman–Crippen MR) is 111 cm³/mol. The number of benzene rings is 3. The highest BCUT2D eigenvalue weighted by Gasteiger charge is 2.18. The van der Waals surface area contributed by atoms with Crippen LogP contribution in [0, 0.1) is 10.1 Å². The number of non-ortho nitro benzene ring substituents is 1. The summed E-state index contributed by atoms with van der Waals surface area (Å²) >= 11 is 0. The van der Waals surface area contributed by atoms with Gasteiger partial charge in [0.15, 0.2) is 5.78 Å². The van der Waals surface area contributed by atoms with Crippen LogP contribution in [0.25, 0.3) is 0 Å². The number of nitrogens with one attached hydrogen (secondary N) is 1. The molecule has 0 spiro atoms. The average molecular weight is 374 g/mol. The van der Waals surface area contributed by atoms with Gasteiger partial charge in [-0.2, -0.15) is 0 Å². The van der Waals surface area contributed by atoms with Crippen LogP contribution in [0.15, 0.2) is 78.9 Å². The molecule has 0 heterocycles. The van der Waals surface area contributed by atoms with E-state index in [0.717, 1.165) is 17.7 Å². The fourth-order valence-electron chi connectivity index (χ4n) is 3.05. The van der Waals surface area contributed by atoms with Crippen molar-refractivity contribution in [3.8, 4) is 0 Å². The van der Waals surface area contributed by atoms with Crippen molar-refractivity contribution in [2.45, 2.75) is 25.8 Å². The second-order valence-electron chi connectivity index (χ2n) is 6.59. The zero-order chi connectivity index (χ0) is 19.9. The van der Waals surface area contributed by atoms with E-state index < -0.39 is 4.92 Å². The average Bonchev–Trinajstić information content (AvgIpc) is 2.74. The molecule has 5 heteroatoms. The van der Waals surface area contributed by atoms with E-state index in [-0.39, 0.29) is 23.9 Å². The highest BCUT2D eigenvalue weighted by molar-refractivity contribution is 5.96. The lowest BCUT2D eigenvalue weighted by Crippen LogP contribution is -2.16. The molecule has 1 N–H and O–H groups in total. The summed E-state index contributed by atoms with van der Waals surface area (Å²) in [5, 5.41) is 14.3. The zero-order valence-corrected chi connectivity index (χ0v) is 15.7. The first-order chi connectivity index (χ1) is 13.6. The van der Waals surface area contributed by atoms with Crippen molar-refractivity contribution >= 4 is 17.2 Å². The molecule has 1 atom stereocenters. The molecule has 3 rings (SSSR count). The SMILES string of the molecule is CCc1ccc(NC(CC(=O)c2ccccc2)c2ccc([N+](=O)[O-])cc2)cc1. The van der Waals surface area contributed by atoms with Crippen LogP contribution in [-0.2, 0) is 6.42 Å². The predicted octanol–water partition coefficient (Wildman–Crippen LogP) is 5.58. The molecule has 0 aliphatic heterocycles. The quantitative estimate of drug-likeness (QED) is 0.317. The highest BCUT2D eigenvalue weighted by atomic mass is 16.6. The van der Waals surface area contributed by atoms with Crippen LogP contribution >= 0.6 is 0 Å². The van der Waals surface area contributed by atoms with E-state index in [4.69, 9.17) is 0 Å². The van der Waals surface area contributed by atoms with Crippen molar-refractivity contribution in [2.24, 2.45) is 0 Å². The van der Waals surface area contributed by atoms with Gasteiger partial charge in [0.1, 0.15) is 0 Å². The maximum Gasteiger partial charge on any atom is 0.269 e. The summed E-state index contributed by atoms with van der Waals surface area (Å²) in [6.07, 6.45) is 1.20. The number of carbonyl (C=O) groups excluding carboxylic acids is 1. The monoisotopic (exact) mass is 374 g/mol. The summed E-state index contributed by atoms with van der Waals surface area (Å²) in [5.41, 5.74) is 3.65. The summed E-state index contributed by atoms with van der Waals surface area (Å²) in [7, 11) is 0. The number of aryl methyl sites for hydroxylation is 1. The van der Waals surface area contributed by atoms with Gasteiger partial charge in [-0.3, -0.25) is 14.9 Å². The molecule has 0 saturated carbocycles. The van der Waals surface area contributed by atoms with Crippen LogP contribution in [0.4, 0.5) is 11.4 Å². The molecule has 0 aromatic heterocycles. The summed E-state index contributed by atoms with van der Waals surface area (Å²) in [6.45, 7) is 2.10. The van der Waals surface area contributed by atoms with Crippen LogP contribution in [0.1, 0.15) is 40.9 Å². The number of Topliss-reactive ketones (excluding diaryl/α,β-unsaturated/α-hetero) is 1. The van der Waals surface area contributed by atoms with Gasteiger partial charge in [-0.15, -0.1) is 0 Å². The van der Waals surface area contributed by atoms with Crippen molar-refractivity contribution in [1.29, 1.82) is 0 Å². The standard InChI is InChI=1S/C23H22N2O3/c1-2-17-8-12-20(13-9-17)24-22(16-23(26)19-6-4-3-5-7-19)18-10-14-21(15-11-18)25(27)28/h3-15,22,24H,2,16H2,1H3. The van der Waals surface area contributed by atoms with Crippen molar-refractivity contribution in [3.63, 3.8) is 0 Å². The third kappa shape index (κ3) is 4.82. The number of hydrogen-bond donors (Lipinski definition) is 1. The smallest absolute Gasteiger partial charge is 0.269 e. The lowest BCUT2D eigenvalue weighted by Gasteiger charge is -2.20. The van der Waals surface area contributed by atoms with Crippen LogP contribution in [0.5, 0.6) is 0 Å². The van der Waals surface area contributed by atoms with Gasteiger partial charge in [-0.1, -0.05) is 61.5 Å². The van der Waals surface area contributed by atoms with Crippen molar-refractivity contribution in [2.75, 3.05) is 5.32 Å². The van der Waals surface area contributed by atoms with E-state index in [1.807, 2.05) is 42.5 Å². The molecule has 0 bridgehead atoms. The van der Waals surface area contributed by atoms with Gasteiger partial charge >= 0.3 is 0 Å². The third-order valence-electron chi connectivity index (χ3n) is 4.69. The number of rotatable bonds is 8. The Labute approximate surface area is 164 Å². The normalized spacial score (nSPS) is 11.6. The van der Waals surface area contributed by atoms with Gasteiger partial charge in [-0.25, -0.2) is 0 Å². The van der Waals surface area contributed by atoms with Crippen LogP contribution in [0.3, 0.4) is 0 Å². The van der Waals surface area contributed by atoms with Gasteiger partial charge < -0.3 is 5.32 Å². The van der Waals surface area contributed by atoms with E-state index in [0.29, 0.717) is 5.56 Å². The minimum absolute atomic E-state index is 0.0154. The van der Waals surface area contributed by atoms with Crippen molar-refractivity contribution in [3.05, 3.63) is 106 Å². The number of nitro benzene ring substituents is 1. The van der Waals surface area contributed by atoms with Gasteiger partial charge in [0.05, 0.1) is 11.0 Å². The lowest BCUT2D eigenvalue weighted by atomic mass is 9.97. The maximum absolute atomic E-state index is 12.7. The van der Waals surface area contributed by atoms with E-state index in [9.17, 15) is 14.9 Å². The lowest BCUT2D eigenvalue weighted by molar-refractivity contribution is -0.384. The van der Waals surface area contributed by atoms with Crippen molar-refractivity contribution in [1.82, 2.24) is 0 Å². The first kappa shape index (κ1) is 19.3. The Hall–Kier alpha value is -3.47. The Morgan fingerprint density at radius 2 is 1.61 bits per heavy atom. The molecule has 1 unspecified atom stereocenters. The highest BCUT2D eigenvalue weighted by Crippen LogP contribution is 2.26. The molecule has 0 amide bonds. The van der Waals surface area contributed by atoms with Gasteiger partial charge in [0, 0.05) is 29.8 Å². The fourth-order valence-corrected chi connectivity index (χ4v) is 3.05. The molecule has 28 heavy (non-hydrogen) atoms. The number of nitrogens with zero attached hydrogens (tertiary/aromatic N) is 1. The first-order valence-corrected chi connectivity index (χ1v) is 9.25. The topological polar surface area (TPSA) is 72.2 Å². The van der Waals surface area contributed by atoms with Gasteiger partial charge in [0.25, 0.3) is 5.69 Å². The molecule has 0 saturated heterocycles. The number of hydrogen-bond acceptors (Lipinski definition) is 4. The maximum atomic E-state index is 12.7. The molecule has 0 aliphatic carbocycles. The number of ketones is 1. The van der Waals surface area contributed by atoms with E-state index in [1.165, 1.54) is 17.7 Å². The minimum Gasteiger partial charge on any atom is -0.378 e. The second-order valence-corrected chi connectivity index (χ2v) is 6.59. The summed E-state index contributed by atoms with van der Waals surface area (Å²) in [5.74, 6) is 0.0154. The summed E-state index contributed by atoms with van der Waals surface area (Å²) < 4.78 is 0. The van der Waals surface area contributed by atoms with Crippen LogP contribution < -0.4 is 5.32 Å². The molecular formula is C23H22N2O3. The molecule has 5 nitrogen and oxygen atoms in total. The number of nitro groups is 1. The fraction of sp³-hybridized carbons (Fsp3) is 0.174. The van der Waals surface area contributed by atoms with Crippen LogP contribution in [-0.4, -0.2) is 10.7 Å². The third-order valence-corrected chi connectivity index (χ3v) is 4.69. The zero-order valence-electron chi connectivity index (χ0n) is 15.7.